The van der Waals surface area contributed by atoms with E-state index in [1.807, 2.05) is 24.2 Å². The van der Waals surface area contributed by atoms with Crippen LogP contribution in [0.15, 0.2) is 17.3 Å². The van der Waals surface area contributed by atoms with Gasteiger partial charge in [0.25, 0.3) is 0 Å². The minimum atomic E-state index is 0.532. The first kappa shape index (κ1) is 10.9. The number of hydrogen-bond acceptors (Lipinski definition) is 3. The Labute approximate surface area is 94.7 Å². The summed E-state index contributed by atoms with van der Waals surface area (Å²) in [6, 6.07) is 1.94. The van der Waals surface area contributed by atoms with E-state index in [1.165, 1.54) is 0 Å². The van der Waals surface area contributed by atoms with Gasteiger partial charge in [-0.15, -0.1) is 0 Å². The summed E-state index contributed by atoms with van der Waals surface area (Å²) in [5.74, 6) is 0.578. The zero-order valence-corrected chi connectivity index (χ0v) is 9.46. The number of rotatable bonds is 2. The van der Waals surface area contributed by atoms with Gasteiger partial charge in [0.2, 0.25) is 0 Å². The molecule has 88 valence electrons. The molecule has 0 aromatic carbocycles. The maximum Gasteiger partial charge on any atom is 0.191 e. The summed E-state index contributed by atoms with van der Waals surface area (Å²) < 4.78 is 7.01. The molecule has 0 bridgehead atoms. The highest BCUT2D eigenvalue weighted by Gasteiger charge is 2.11. The van der Waals surface area contributed by atoms with Crippen molar-refractivity contribution >= 4 is 5.96 Å². The van der Waals surface area contributed by atoms with Crippen LogP contribution in [0.5, 0.6) is 0 Å². The molecule has 1 aromatic rings. The number of ether oxygens (including phenoxy) is 1. The summed E-state index contributed by atoms with van der Waals surface area (Å²) in [5, 5.41) is 4.24. The molecule has 0 amide bonds. The van der Waals surface area contributed by atoms with Crippen molar-refractivity contribution in [2.24, 2.45) is 17.8 Å². The van der Waals surface area contributed by atoms with E-state index in [0.29, 0.717) is 12.5 Å². The first-order chi connectivity index (χ1) is 7.75. The number of guanidine groups is 1. The van der Waals surface area contributed by atoms with Gasteiger partial charge in [0, 0.05) is 26.3 Å². The highest BCUT2D eigenvalue weighted by atomic mass is 16.5. The Kier molecular flexibility index (Phi) is 3.40. The normalized spacial score (nSPS) is 17.8. The Morgan fingerprint density at radius 2 is 2.31 bits per heavy atom. The first-order valence-electron chi connectivity index (χ1n) is 5.37. The maximum atomic E-state index is 5.89. The zero-order chi connectivity index (χ0) is 11.4. The molecule has 2 heterocycles. The number of hydrogen-bond donors (Lipinski definition) is 1. The Hall–Kier alpha value is -1.56. The average Bonchev–Trinajstić information content (AvgIpc) is 2.73. The summed E-state index contributed by atoms with van der Waals surface area (Å²) in [7, 11) is 1.89. The van der Waals surface area contributed by atoms with E-state index in [1.54, 1.807) is 4.68 Å². The third-order valence-electron chi connectivity index (χ3n) is 2.51. The Morgan fingerprint density at radius 1 is 1.56 bits per heavy atom. The summed E-state index contributed by atoms with van der Waals surface area (Å²) >= 11 is 0. The number of aryl methyl sites for hydroxylation is 1. The first-order valence-corrected chi connectivity index (χ1v) is 5.37. The molecule has 0 aliphatic carbocycles. The van der Waals surface area contributed by atoms with Crippen LogP contribution in [0.2, 0.25) is 0 Å². The van der Waals surface area contributed by atoms with Gasteiger partial charge in [-0.3, -0.25) is 4.68 Å². The van der Waals surface area contributed by atoms with Gasteiger partial charge in [-0.25, -0.2) is 4.99 Å². The number of aromatic nitrogens is 2. The fourth-order valence-corrected chi connectivity index (χ4v) is 1.60. The summed E-state index contributed by atoms with van der Waals surface area (Å²) in [6.45, 7) is 3.61. The van der Waals surface area contributed by atoms with Crippen LogP contribution >= 0.6 is 0 Å². The molecular weight excluding hydrogens is 206 g/mol. The van der Waals surface area contributed by atoms with Gasteiger partial charge in [0.15, 0.2) is 5.96 Å². The summed E-state index contributed by atoms with van der Waals surface area (Å²) in [6.07, 6.45) is 1.90. The van der Waals surface area contributed by atoms with Crippen molar-refractivity contribution in [3.63, 3.8) is 0 Å². The molecule has 6 nitrogen and oxygen atoms in total. The van der Waals surface area contributed by atoms with Crippen molar-refractivity contribution in [1.29, 1.82) is 0 Å². The van der Waals surface area contributed by atoms with Crippen LogP contribution in [-0.4, -0.2) is 46.9 Å². The van der Waals surface area contributed by atoms with E-state index < -0.39 is 0 Å². The lowest BCUT2D eigenvalue weighted by Gasteiger charge is -2.27. The molecule has 1 fully saturated rings. The molecule has 0 unspecified atom stereocenters. The van der Waals surface area contributed by atoms with Crippen molar-refractivity contribution in [3.05, 3.63) is 18.0 Å². The molecule has 1 aliphatic heterocycles. The van der Waals surface area contributed by atoms with Gasteiger partial charge in [0.05, 0.1) is 25.5 Å². The molecule has 1 aromatic heterocycles. The van der Waals surface area contributed by atoms with Gasteiger partial charge in [-0.1, -0.05) is 0 Å². The second kappa shape index (κ2) is 4.98. The van der Waals surface area contributed by atoms with Crippen molar-refractivity contribution in [2.45, 2.75) is 6.54 Å². The lowest BCUT2D eigenvalue weighted by molar-refractivity contribution is 0.0674. The third-order valence-corrected chi connectivity index (χ3v) is 2.51. The Bertz CT molecular complexity index is 367. The van der Waals surface area contributed by atoms with E-state index in [-0.39, 0.29) is 0 Å². The highest BCUT2D eigenvalue weighted by Crippen LogP contribution is 1.99. The van der Waals surface area contributed by atoms with Gasteiger partial charge in [-0.2, -0.15) is 5.10 Å². The van der Waals surface area contributed by atoms with Crippen molar-refractivity contribution in [1.82, 2.24) is 14.7 Å². The number of nitrogens with zero attached hydrogens (tertiary/aromatic N) is 4. The smallest absolute Gasteiger partial charge is 0.191 e. The monoisotopic (exact) mass is 223 g/mol. The van der Waals surface area contributed by atoms with E-state index in [9.17, 15) is 0 Å². The molecule has 0 atom stereocenters. The molecule has 6 heteroatoms. The fraction of sp³-hybridized carbons (Fsp3) is 0.600. The quantitative estimate of drug-likeness (QED) is 0.545. The molecule has 0 saturated carbocycles. The van der Waals surface area contributed by atoms with E-state index in [4.69, 9.17) is 10.5 Å². The number of nitrogens with two attached hydrogens (primary N) is 1. The van der Waals surface area contributed by atoms with Crippen LogP contribution in [0.1, 0.15) is 5.69 Å². The predicted octanol–water partition coefficient (Wildman–Crippen LogP) is -0.433. The maximum absolute atomic E-state index is 5.89. The minimum absolute atomic E-state index is 0.532. The molecule has 16 heavy (non-hydrogen) atoms. The summed E-state index contributed by atoms with van der Waals surface area (Å²) in [4.78, 5) is 6.35. The largest absolute Gasteiger partial charge is 0.378 e. The second-order valence-corrected chi connectivity index (χ2v) is 3.75. The Balaban J connectivity index is 1.90. The molecule has 2 rings (SSSR count). The van der Waals surface area contributed by atoms with Crippen LogP contribution < -0.4 is 5.73 Å². The Morgan fingerprint density at radius 3 is 2.94 bits per heavy atom. The van der Waals surface area contributed by atoms with Crippen molar-refractivity contribution in [3.8, 4) is 0 Å². The van der Waals surface area contributed by atoms with E-state index in [0.717, 1.165) is 32.0 Å². The fourth-order valence-electron chi connectivity index (χ4n) is 1.60. The molecule has 0 radical (unpaired) electrons. The number of aliphatic imine (C=N–C) groups is 1. The van der Waals surface area contributed by atoms with Gasteiger partial charge in [0.1, 0.15) is 0 Å². The van der Waals surface area contributed by atoms with E-state index in [2.05, 4.69) is 10.1 Å². The molecule has 1 aliphatic rings. The zero-order valence-electron chi connectivity index (χ0n) is 9.46. The van der Waals surface area contributed by atoms with Crippen LogP contribution in [-0.2, 0) is 18.3 Å². The molecular formula is C10H17N5O. The lowest BCUT2D eigenvalue weighted by atomic mass is 10.4. The van der Waals surface area contributed by atoms with Crippen LogP contribution in [0, 0.1) is 0 Å². The SMILES string of the molecule is Cn1ccc(CN=C(N)N2CCOCC2)n1. The van der Waals surface area contributed by atoms with Gasteiger partial charge in [-0.05, 0) is 6.07 Å². The van der Waals surface area contributed by atoms with Gasteiger partial charge >= 0.3 is 0 Å². The van der Waals surface area contributed by atoms with Crippen molar-refractivity contribution < 1.29 is 4.74 Å². The predicted molar refractivity (Wildman–Crippen MR) is 60.9 cm³/mol. The van der Waals surface area contributed by atoms with Crippen LogP contribution in [0.3, 0.4) is 0 Å². The molecule has 2 N–H and O–H groups in total. The van der Waals surface area contributed by atoms with E-state index >= 15 is 0 Å². The minimum Gasteiger partial charge on any atom is -0.378 e. The highest BCUT2D eigenvalue weighted by molar-refractivity contribution is 5.78. The molecule has 0 spiro atoms. The average molecular weight is 223 g/mol. The standard InChI is InChI=1S/C10H17N5O/c1-14-3-2-9(13-14)8-12-10(11)15-4-6-16-7-5-15/h2-3H,4-8H2,1H3,(H2,11,12). The van der Waals surface area contributed by atoms with Crippen LogP contribution in [0.4, 0.5) is 0 Å². The van der Waals surface area contributed by atoms with Crippen molar-refractivity contribution in [2.75, 3.05) is 26.3 Å². The summed E-state index contributed by atoms with van der Waals surface area (Å²) in [5.41, 5.74) is 6.82. The van der Waals surface area contributed by atoms with Gasteiger partial charge < -0.3 is 15.4 Å². The third kappa shape index (κ3) is 2.73. The van der Waals surface area contributed by atoms with Crippen LogP contribution in [0.25, 0.3) is 0 Å². The second-order valence-electron chi connectivity index (χ2n) is 3.75. The molecule has 1 saturated heterocycles. The topological polar surface area (TPSA) is 68.7 Å². The number of morpholine rings is 1. The lowest BCUT2D eigenvalue weighted by Crippen LogP contribution is -2.44.